The number of nitrogens with zero attached hydrogens (tertiary/aromatic N) is 10. The second kappa shape index (κ2) is 18.6. The van der Waals surface area contributed by atoms with Crippen LogP contribution >= 0.6 is 45.3 Å². The van der Waals surface area contributed by atoms with Gasteiger partial charge in [-0.2, -0.15) is 9.36 Å². The van der Waals surface area contributed by atoms with E-state index >= 15 is 0 Å². The van der Waals surface area contributed by atoms with E-state index in [1.807, 2.05) is 128 Å². The number of nitrogens with one attached hydrogen (secondary N) is 2. The van der Waals surface area contributed by atoms with Gasteiger partial charge in [-0.25, -0.2) is 19.9 Å². The van der Waals surface area contributed by atoms with Crippen LogP contribution in [0.5, 0.6) is 0 Å². The molecule has 10 rings (SSSR count). The number of benzene rings is 4. The fourth-order valence-electron chi connectivity index (χ4n) is 7.29. The second-order valence-electron chi connectivity index (χ2n) is 15.0. The maximum atomic E-state index is 13.9. The average Bonchev–Trinajstić information content (AvgIpc) is 4.23. The van der Waals surface area contributed by atoms with Gasteiger partial charge in [0.2, 0.25) is 20.5 Å². The molecule has 6 aromatic heterocycles. The van der Waals surface area contributed by atoms with E-state index in [9.17, 15) is 9.59 Å². The van der Waals surface area contributed by atoms with E-state index in [2.05, 4.69) is 54.7 Å². The van der Waals surface area contributed by atoms with Gasteiger partial charge in [0, 0.05) is 42.8 Å². The Morgan fingerprint density at radius 2 is 1.03 bits per heavy atom. The van der Waals surface area contributed by atoms with E-state index in [1.165, 1.54) is 54.7 Å². The highest BCUT2D eigenvalue weighted by atomic mass is 32.1. The Labute approximate surface area is 393 Å². The predicted molar refractivity (Wildman–Crippen MR) is 265 cm³/mol. The molecule has 0 fully saturated rings. The molecule has 0 aliphatic rings. The minimum atomic E-state index is -0.354. The zero-order chi connectivity index (χ0) is 45.1. The first kappa shape index (κ1) is 42.6. The van der Waals surface area contributed by atoms with Gasteiger partial charge >= 0.3 is 11.1 Å². The molecule has 0 amide bonds. The number of hydrogen-bond acceptors (Lipinski definition) is 14. The number of aryl methyl sites for hydroxylation is 5. The summed E-state index contributed by atoms with van der Waals surface area (Å²) < 4.78 is 2.85. The third-order valence-electron chi connectivity index (χ3n) is 10.7. The fourth-order valence-corrected chi connectivity index (χ4v) is 10.5. The summed E-state index contributed by atoms with van der Waals surface area (Å²) in [5, 5.41) is 30.1. The number of aromatic nitrogens is 8. The molecule has 14 nitrogen and oxygen atoms in total. The van der Waals surface area contributed by atoms with Gasteiger partial charge in [0.25, 0.3) is 0 Å². The minimum absolute atomic E-state index is 0.176. The van der Waals surface area contributed by atoms with Crippen molar-refractivity contribution in [2.45, 2.75) is 40.0 Å². The van der Waals surface area contributed by atoms with Crippen molar-refractivity contribution in [1.82, 2.24) is 39.5 Å². The molecule has 326 valence electrons. The molecule has 0 bridgehead atoms. The molecule has 0 radical (unpaired) electrons. The van der Waals surface area contributed by atoms with Crippen molar-refractivity contribution in [2.75, 3.05) is 0 Å². The number of thiazole rings is 4. The van der Waals surface area contributed by atoms with Crippen molar-refractivity contribution >= 4 is 67.0 Å². The third kappa shape index (κ3) is 8.73. The van der Waals surface area contributed by atoms with Crippen molar-refractivity contribution in [2.24, 2.45) is 20.5 Å². The molecule has 0 atom stereocenters. The van der Waals surface area contributed by atoms with Gasteiger partial charge in [-0.15, -0.1) is 43.1 Å². The Balaban J connectivity index is 0.841. The van der Waals surface area contributed by atoms with Crippen molar-refractivity contribution in [3.63, 3.8) is 0 Å². The van der Waals surface area contributed by atoms with E-state index in [-0.39, 0.29) is 22.5 Å². The van der Waals surface area contributed by atoms with E-state index < -0.39 is 0 Å². The standard InChI is InChI=1S/C48H38N12O2S4/c1-4-38-28(2)49-45(66-38)55-53-41-39(33-16-10-6-11-17-33)57-60(43(41)61)48-52-37(27-64-48)32-23-20-30(21-24-32)22-25-35-29(3)65-46(50-35)56-54-42-40(34-18-12-7-13-19-34)58-59(44(42)62)47-51-36(26-63-47)31-14-8-5-9-15-31/h5-21,23-24,26-27,57-58H,4,22,25H2,1-3H3. The zero-order valence-electron chi connectivity index (χ0n) is 35.7. The van der Waals surface area contributed by atoms with Gasteiger partial charge in [0.15, 0.2) is 11.4 Å². The predicted octanol–water partition coefficient (Wildman–Crippen LogP) is 12.9. The molecule has 0 saturated carbocycles. The first-order valence-corrected chi connectivity index (χ1v) is 24.3. The van der Waals surface area contributed by atoms with Crippen LogP contribution in [0.15, 0.2) is 156 Å². The lowest BCUT2D eigenvalue weighted by atomic mass is 10.0. The fraction of sp³-hybridized carbons (Fsp3) is 0.125. The lowest BCUT2D eigenvalue weighted by molar-refractivity contribution is 0.843. The summed E-state index contributed by atoms with van der Waals surface area (Å²) in [5.41, 5.74) is 8.75. The monoisotopic (exact) mass is 942 g/mol. The second-order valence-corrected chi connectivity index (χ2v) is 19.0. The highest BCUT2D eigenvalue weighted by molar-refractivity contribution is 7.15. The Bertz CT molecular complexity index is 3480. The van der Waals surface area contributed by atoms with Crippen molar-refractivity contribution in [3.8, 4) is 55.3 Å². The lowest BCUT2D eigenvalue weighted by Crippen LogP contribution is -2.13. The Morgan fingerprint density at radius 1 is 0.545 bits per heavy atom. The number of H-pyrrole nitrogens is 2. The molecule has 0 aliphatic heterocycles. The highest BCUT2D eigenvalue weighted by Gasteiger charge is 2.22. The first-order valence-electron chi connectivity index (χ1n) is 20.9. The Kier molecular flexibility index (Phi) is 12.0. The normalized spacial score (nSPS) is 11.7. The number of hydrogen-bond donors (Lipinski definition) is 2. The van der Waals surface area contributed by atoms with E-state index in [0.717, 1.165) is 73.2 Å². The zero-order valence-corrected chi connectivity index (χ0v) is 38.9. The van der Waals surface area contributed by atoms with Crippen LogP contribution in [0.3, 0.4) is 0 Å². The van der Waals surface area contributed by atoms with Gasteiger partial charge in [-0.3, -0.25) is 19.8 Å². The first-order chi connectivity index (χ1) is 32.3. The molecule has 10 aromatic rings. The summed E-state index contributed by atoms with van der Waals surface area (Å²) in [7, 11) is 0. The average molecular weight is 943 g/mol. The SMILES string of the molecule is CCc1sc(N=Nc2c(-c3ccccc3)[nH]n(-c3nc(-c4ccc(CCc5nc(N=Nc6c(-c7ccccc7)[nH]n(-c7nc(-c8ccccc8)cs7)c6=O)sc5C)cc4)cs3)c2=O)nc1C. The van der Waals surface area contributed by atoms with Crippen LogP contribution in [0, 0.1) is 13.8 Å². The summed E-state index contributed by atoms with van der Waals surface area (Å²) in [6.07, 6.45) is 2.30. The maximum absolute atomic E-state index is 13.9. The van der Waals surface area contributed by atoms with Crippen molar-refractivity contribution in [3.05, 3.63) is 173 Å². The number of azo groups is 2. The lowest BCUT2D eigenvalue weighted by Gasteiger charge is -2.03. The molecular formula is C48H38N12O2S4. The van der Waals surface area contributed by atoms with Crippen molar-refractivity contribution < 1.29 is 0 Å². The topological polar surface area (TPSA) is 177 Å². The summed E-state index contributed by atoms with van der Waals surface area (Å²) in [6, 6.07) is 37.3. The van der Waals surface area contributed by atoms with Crippen molar-refractivity contribution in [1.29, 1.82) is 0 Å². The van der Waals surface area contributed by atoms with Crippen LogP contribution in [-0.4, -0.2) is 39.5 Å². The van der Waals surface area contributed by atoms with Crippen LogP contribution in [0.4, 0.5) is 21.6 Å². The minimum Gasteiger partial charge on any atom is -0.286 e. The largest absolute Gasteiger partial charge is 0.301 e. The number of rotatable bonds is 14. The summed E-state index contributed by atoms with van der Waals surface area (Å²) in [4.78, 5) is 48.9. The molecule has 0 unspecified atom stereocenters. The quantitative estimate of drug-likeness (QED) is 0.103. The van der Waals surface area contributed by atoms with Crippen LogP contribution in [0.1, 0.15) is 33.6 Å². The molecule has 2 N–H and O–H groups in total. The molecule has 0 aliphatic carbocycles. The van der Waals surface area contributed by atoms with E-state index in [1.54, 1.807) is 0 Å². The van der Waals surface area contributed by atoms with Gasteiger partial charge in [-0.05, 0) is 38.7 Å². The summed E-state index contributed by atoms with van der Waals surface area (Å²) >= 11 is 5.64. The van der Waals surface area contributed by atoms with Crippen LogP contribution < -0.4 is 11.1 Å². The van der Waals surface area contributed by atoms with E-state index in [4.69, 9.17) is 15.0 Å². The summed E-state index contributed by atoms with van der Waals surface area (Å²) in [5.74, 6) is 0. The number of aromatic amines is 2. The molecule has 18 heteroatoms. The Morgan fingerprint density at radius 3 is 1.53 bits per heavy atom. The van der Waals surface area contributed by atoms with Crippen LogP contribution in [0.25, 0.3) is 55.3 Å². The van der Waals surface area contributed by atoms with Crippen LogP contribution in [0.2, 0.25) is 0 Å². The molecule has 0 spiro atoms. The molecule has 0 saturated heterocycles. The van der Waals surface area contributed by atoms with Crippen LogP contribution in [-0.2, 0) is 19.3 Å². The molecular weight excluding hydrogens is 905 g/mol. The van der Waals surface area contributed by atoms with Gasteiger partial charge in [0.05, 0.1) is 34.2 Å². The summed E-state index contributed by atoms with van der Waals surface area (Å²) in [6.45, 7) is 6.05. The third-order valence-corrected chi connectivity index (χ3v) is 14.5. The Hall–Kier alpha value is -7.38. The molecule has 66 heavy (non-hydrogen) atoms. The smallest absolute Gasteiger partial charge is 0.286 e. The van der Waals surface area contributed by atoms with Gasteiger partial charge in [-0.1, -0.05) is 145 Å². The van der Waals surface area contributed by atoms with Gasteiger partial charge in [0.1, 0.15) is 0 Å². The maximum Gasteiger partial charge on any atom is 0.301 e. The molecule has 6 heterocycles. The molecule has 4 aromatic carbocycles. The van der Waals surface area contributed by atoms with Gasteiger partial charge < -0.3 is 0 Å². The highest BCUT2D eigenvalue weighted by Crippen LogP contribution is 2.34. The van der Waals surface area contributed by atoms with E-state index in [0.29, 0.717) is 38.3 Å².